The zero-order valence-corrected chi connectivity index (χ0v) is 8.01. The summed E-state index contributed by atoms with van der Waals surface area (Å²) in [5.41, 5.74) is 6.80. The fraction of sp³-hybridized carbons (Fsp3) is 0.625. The first-order valence-electron chi connectivity index (χ1n) is 4.15. The van der Waals surface area contributed by atoms with Gasteiger partial charge in [0.15, 0.2) is 5.95 Å². The number of hydrogen-bond donors (Lipinski definition) is 1. The predicted octanol–water partition coefficient (Wildman–Crippen LogP) is 1.66. The molecule has 0 aliphatic heterocycles. The molecule has 0 aliphatic rings. The van der Waals surface area contributed by atoms with Gasteiger partial charge >= 0.3 is 0 Å². The summed E-state index contributed by atoms with van der Waals surface area (Å²) in [7, 11) is 0. The average molecular weight is 188 g/mol. The second-order valence-corrected chi connectivity index (χ2v) is 3.08. The van der Waals surface area contributed by atoms with Gasteiger partial charge in [0.05, 0.1) is 6.20 Å². The summed E-state index contributed by atoms with van der Waals surface area (Å²) in [6, 6.07) is 0. The molecule has 2 N–H and O–H groups in total. The standard InChI is InChI=1S/C8H14ClN3/c1-2-5-12-7(3-4-9)6-11-8(12)10/h6H,2-5H2,1H3,(H2,10,11). The molecule has 0 aromatic carbocycles. The normalized spacial score (nSPS) is 10.5. The molecule has 0 aliphatic carbocycles. The van der Waals surface area contributed by atoms with E-state index >= 15 is 0 Å². The Morgan fingerprint density at radius 3 is 3.00 bits per heavy atom. The van der Waals surface area contributed by atoms with Gasteiger partial charge < -0.3 is 10.3 Å². The summed E-state index contributed by atoms with van der Waals surface area (Å²) in [5, 5.41) is 0. The van der Waals surface area contributed by atoms with E-state index in [1.54, 1.807) is 6.20 Å². The van der Waals surface area contributed by atoms with Gasteiger partial charge in [-0.05, 0) is 6.42 Å². The largest absolute Gasteiger partial charge is 0.369 e. The number of nitrogens with zero attached hydrogens (tertiary/aromatic N) is 2. The molecule has 1 heterocycles. The molecular weight excluding hydrogens is 174 g/mol. The number of hydrogen-bond acceptors (Lipinski definition) is 2. The Bertz CT molecular complexity index is 244. The molecule has 3 nitrogen and oxygen atoms in total. The van der Waals surface area contributed by atoms with Crippen molar-refractivity contribution in [1.29, 1.82) is 0 Å². The molecule has 68 valence electrons. The summed E-state index contributed by atoms with van der Waals surface area (Å²) in [6.45, 7) is 3.04. The Morgan fingerprint density at radius 2 is 2.42 bits per heavy atom. The number of anilines is 1. The highest BCUT2D eigenvalue weighted by Gasteiger charge is 2.04. The van der Waals surface area contributed by atoms with Crippen molar-refractivity contribution in [1.82, 2.24) is 9.55 Å². The van der Waals surface area contributed by atoms with E-state index < -0.39 is 0 Å². The lowest BCUT2D eigenvalue weighted by Crippen LogP contribution is -2.06. The van der Waals surface area contributed by atoms with Crippen molar-refractivity contribution in [2.45, 2.75) is 26.3 Å². The molecule has 4 heteroatoms. The van der Waals surface area contributed by atoms with E-state index in [1.807, 2.05) is 4.57 Å². The number of alkyl halides is 1. The van der Waals surface area contributed by atoms with Crippen molar-refractivity contribution in [3.63, 3.8) is 0 Å². The van der Waals surface area contributed by atoms with Gasteiger partial charge in [0.25, 0.3) is 0 Å². The summed E-state index contributed by atoms with van der Waals surface area (Å²) in [6.07, 6.45) is 3.70. The highest BCUT2D eigenvalue weighted by atomic mass is 35.5. The number of rotatable bonds is 4. The number of nitrogen functional groups attached to an aromatic ring is 1. The molecule has 0 atom stereocenters. The second-order valence-electron chi connectivity index (χ2n) is 2.70. The van der Waals surface area contributed by atoms with Gasteiger partial charge in [0.2, 0.25) is 0 Å². The van der Waals surface area contributed by atoms with Crippen molar-refractivity contribution in [2.24, 2.45) is 0 Å². The van der Waals surface area contributed by atoms with Crippen LogP contribution in [0.25, 0.3) is 0 Å². The van der Waals surface area contributed by atoms with Crippen molar-refractivity contribution >= 4 is 17.5 Å². The Kier molecular flexibility index (Phi) is 3.41. The first-order valence-corrected chi connectivity index (χ1v) is 4.69. The van der Waals surface area contributed by atoms with E-state index in [9.17, 15) is 0 Å². The van der Waals surface area contributed by atoms with E-state index in [1.165, 1.54) is 0 Å². The number of imidazole rings is 1. The van der Waals surface area contributed by atoms with Gasteiger partial charge in [-0.3, -0.25) is 0 Å². The lowest BCUT2D eigenvalue weighted by atomic mass is 10.3. The Balaban J connectivity index is 2.80. The Hall–Kier alpha value is -0.700. The van der Waals surface area contributed by atoms with Crippen LogP contribution in [-0.4, -0.2) is 15.4 Å². The van der Waals surface area contributed by atoms with Crippen molar-refractivity contribution in [2.75, 3.05) is 11.6 Å². The summed E-state index contributed by atoms with van der Waals surface area (Å²) < 4.78 is 2.02. The molecule has 0 spiro atoms. The van der Waals surface area contributed by atoms with Crippen LogP contribution in [-0.2, 0) is 13.0 Å². The van der Waals surface area contributed by atoms with Gasteiger partial charge in [0.1, 0.15) is 0 Å². The van der Waals surface area contributed by atoms with Crippen molar-refractivity contribution in [3.8, 4) is 0 Å². The first-order chi connectivity index (χ1) is 5.79. The second kappa shape index (κ2) is 4.36. The number of nitrogens with two attached hydrogens (primary N) is 1. The smallest absolute Gasteiger partial charge is 0.200 e. The third kappa shape index (κ3) is 1.91. The topological polar surface area (TPSA) is 43.8 Å². The molecule has 0 bridgehead atoms. The minimum absolute atomic E-state index is 0.594. The lowest BCUT2D eigenvalue weighted by Gasteiger charge is -2.06. The molecule has 0 saturated heterocycles. The van der Waals surface area contributed by atoms with Crippen LogP contribution >= 0.6 is 11.6 Å². The lowest BCUT2D eigenvalue weighted by molar-refractivity contribution is 0.659. The monoisotopic (exact) mass is 187 g/mol. The highest BCUT2D eigenvalue weighted by molar-refractivity contribution is 6.17. The van der Waals surface area contributed by atoms with Crippen LogP contribution in [0.5, 0.6) is 0 Å². The van der Waals surface area contributed by atoms with Crippen molar-refractivity contribution < 1.29 is 0 Å². The van der Waals surface area contributed by atoms with Crippen LogP contribution in [0.1, 0.15) is 19.0 Å². The molecular formula is C8H14ClN3. The number of halogens is 1. The quantitative estimate of drug-likeness (QED) is 0.729. The predicted molar refractivity (Wildman–Crippen MR) is 51.4 cm³/mol. The highest BCUT2D eigenvalue weighted by Crippen LogP contribution is 2.09. The van der Waals surface area contributed by atoms with Crippen molar-refractivity contribution in [3.05, 3.63) is 11.9 Å². The number of aromatic nitrogens is 2. The molecule has 12 heavy (non-hydrogen) atoms. The van der Waals surface area contributed by atoms with Gasteiger partial charge in [0, 0.05) is 24.5 Å². The van der Waals surface area contributed by atoms with Crippen LogP contribution in [0, 0.1) is 0 Å². The minimum atomic E-state index is 0.594. The van der Waals surface area contributed by atoms with E-state index in [0.29, 0.717) is 11.8 Å². The fourth-order valence-corrected chi connectivity index (χ4v) is 1.40. The zero-order valence-electron chi connectivity index (χ0n) is 7.26. The van der Waals surface area contributed by atoms with Gasteiger partial charge in [-0.15, -0.1) is 11.6 Å². The molecule has 0 fully saturated rings. The third-order valence-corrected chi connectivity index (χ3v) is 1.96. The zero-order chi connectivity index (χ0) is 8.97. The van der Waals surface area contributed by atoms with Gasteiger partial charge in [-0.25, -0.2) is 4.98 Å². The van der Waals surface area contributed by atoms with E-state index in [4.69, 9.17) is 17.3 Å². The van der Waals surface area contributed by atoms with Crippen LogP contribution < -0.4 is 5.73 Å². The maximum absolute atomic E-state index is 5.67. The maximum atomic E-state index is 5.67. The molecule has 0 saturated carbocycles. The Morgan fingerprint density at radius 1 is 1.67 bits per heavy atom. The molecule has 1 aromatic heterocycles. The molecule has 1 aromatic rings. The minimum Gasteiger partial charge on any atom is -0.369 e. The summed E-state index contributed by atoms with van der Waals surface area (Å²) >= 11 is 5.64. The van der Waals surface area contributed by atoms with E-state index in [0.717, 1.165) is 25.1 Å². The van der Waals surface area contributed by atoms with Crippen LogP contribution in [0.4, 0.5) is 5.95 Å². The van der Waals surface area contributed by atoms with Gasteiger partial charge in [-0.1, -0.05) is 6.92 Å². The van der Waals surface area contributed by atoms with Crippen LogP contribution in [0.15, 0.2) is 6.20 Å². The average Bonchev–Trinajstić information content (AvgIpc) is 2.37. The summed E-state index contributed by atoms with van der Waals surface area (Å²) in [5.74, 6) is 1.21. The Labute approximate surface area is 77.5 Å². The SMILES string of the molecule is CCCn1c(CCCl)cnc1N. The van der Waals surface area contributed by atoms with Gasteiger partial charge in [-0.2, -0.15) is 0 Å². The first kappa shape index (κ1) is 9.39. The molecule has 0 amide bonds. The summed E-state index contributed by atoms with van der Waals surface area (Å²) in [4.78, 5) is 4.04. The van der Waals surface area contributed by atoms with E-state index in [2.05, 4.69) is 11.9 Å². The van der Waals surface area contributed by atoms with Crippen LogP contribution in [0.2, 0.25) is 0 Å². The third-order valence-electron chi connectivity index (χ3n) is 1.77. The molecule has 1 rings (SSSR count). The fourth-order valence-electron chi connectivity index (χ4n) is 1.21. The molecule has 0 radical (unpaired) electrons. The van der Waals surface area contributed by atoms with E-state index in [-0.39, 0.29) is 0 Å². The molecule has 0 unspecified atom stereocenters. The number of aryl methyl sites for hydroxylation is 1. The van der Waals surface area contributed by atoms with Crippen LogP contribution in [0.3, 0.4) is 0 Å². The maximum Gasteiger partial charge on any atom is 0.200 e.